The number of anilines is 1. The highest BCUT2D eigenvalue weighted by atomic mass is 32.1. The second-order valence-corrected chi connectivity index (χ2v) is 4.26. The van der Waals surface area contributed by atoms with Gasteiger partial charge in [-0.25, -0.2) is 9.78 Å². The zero-order valence-electron chi connectivity index (χ0n) is 8.80. The molecule has 6 nitrogen and oxygen atoms in total. The highest BCUT2D eigenvalue weighted by Crippen LogP contribution is 2.19. The molecule has 0 amide bonds. The minimum Gasteiger partial charge on any atom is -0.375 e. The molecule has 0 bridgehead atoms. The first kappa shape index (κ1) is 10.6. The second-order valence-electron chi connectivity index (χ2n) is 3.37. The Balaban J connectivity index is 2.77. The molecule has 2 aromatic rings. The Labute approximate surface area is 94.6 Å². The van der Waals surface area contributed by atoms with Crippen molar-refractivity contribution >= 4 is 16.5 Å². The summed E-state index contributed by atoms with van der Waals surface area (Å²) < 4.78 is 2.39. The Morgan fingerprint density at radius 2 is 2.06 bits per heavy atom. The van der Waals surface area contributed by atoms with Crippen molar-refractivity contribution in [2.75, 3.05) is 5.73 Å². The van der Waals surface area contributed by atoms with Crippen LogP contribution in [-0.4, -0.2) is 14.1 Å². The van der Waals surface area contributed by atoms with Gasteiger partial charge < -0.3 is 10.3 Å². The summed E-state index contributed by atoms with van der Waals surface area (Å²) in [6.07, 6.45) is 1.47. The molecule has 0 fully saturated rings. The van der Waals surface area contributed by atoms with Crippen molar-refractivity contribution in [2.24, 2.45) is 14.1 Å². The van der Waals surface area contributed by atoms with Crippen molar-refractivity contribution in [3.8, 4) is 11.3 Å². The number of nitrogens with zero attached hydrogens (tertiary/aromatic N) is 3. The first-order chi connectivity index (χ1) is 7.50. The van der Waals surface area contributed by atoms with Crippen molar-refractivity contribution in [1.29, 1.82) is 0 Å². The lowest BCUT2D eigenvalue weighted by atomic mass is 10.2. The smallest absolute Gasteiger partial charge is 0.330 e. The van der Waals surface area contributed by atoms with Crippen LogP contribution >= 0.6 is 11.3 Å². The Kier molecular flexibility index (Phi) is 2.39. The van der Waals surface area contributed by atoms with Crippen LogP contribution in [0.5, 0.6) is 0 Å². The van der Waals surface area contributed by atoms with Gasteiger partial charge in [-0.15, -0.1) is 11.3 Å². The van der Waals surface area contributed by atoms with Crippen LogP contribution < -0.4 is 17.0 Å². The predicted octanol–water partition coefficient (Wildman–Crippen LogP) is -0.210. The van der Waals surface area contributed by atoms with Crippen LogP contribution in [0.15, 0.2) is 21.2 Å². The van der Waals surface area contributed by atoms with Gasteiger partial charge in [0.25, 0.3) is 5.56 Å². The van der Waals surface area contributed by atoms with Crippen LogP contribution in [0.2, 0.25) is 0 Å². The summed E-state index contributed by atoms with van der Waals surface area (Å²) in [6.45, 7) is 0. The van der Waals surface area contributed by atoms with E-state index in [1.807, 2.05) is 0 Å². The number of rotatable bonds is 1. The van der Waals surface area contributed by atoms with Gasteiger partial charge in [0.05, 0.1) is 11.3 Å². The average Bonchev–Trinajstić information content (AvgIpc) is 2.67. The van der Waals surface area contributed by atoms with E-state index in [0.717, 1.165) is 4.57 Å². The number of thiazole rings is 1. The Bertz CT molecular complexity index is 652. The Morgan fingerprint density at radius 3 is 2.62 bits per heavy atom. The van der Waals surface area contributed by atoms with Gasteiger partial charge in [0, 0.05) is 25.7 Å². The third-order valence-corrected chi connectivity index (χ3v) is 2.92. The normalized spacial score (nSPS) is 10.6. The van der Waals surface area contributed by atoms with E-state index in [4.69, 9.17) is 5.73 Å². The molecule has 0 aliphatic rings. The molecule has 7 heteroatoms. The largest absolute Gasteiger partial charge is 0.375 e. The van der Waals surface area contributed by atoms with Gasteiger partial charge in [-0.05, 0) is 0 Å². The van der Waals surface area contributed by atoms with E-state index in [9.17, 15) is 9.59 Å². The molecule has 0 saturated heterocycles. The lowest BCUT2D eigenvalue weighted by molar-refractivity contribution is 0.688. The number of aryl methyl sites for hydroxylation is 1. The third-order valence-electron chi connectivity index (χ3n) is 2.24. The quantitative estimate of drug-likeness (QED) is 0.745. The first-order valence-electron chi connectivity index (χ1n) is 4.48. The van der Waals surface area contributed by atoms with Gasteiger partial charge in [0.1, 0.15) is 0 Å². The SMILES string of the molecule is Cn1cc(-c2csc(N)n2)c(=O)n(C)c1=O. The molecule has 0 radical (unpaired) electrons. The Morgan fingerprint density at radius 1 is 1.38 bits per heavy atom. The molecule has 84 valence electrons. The van der Waals surface area contributed by atoms with Crippen LogP contribution in [0.25, 0.3) is 11.3 Å². The molecule has 2 rings (SSSR count). The van der Waals surface area contributed by atoms with Crippen molar-refractivity contribution < 1.29 is 0 Å². The number of aromatic nitrogens is 3. The zero-order valence-corrected chi connectivity index (χ0v) is 9.61. The van der Waals surface area contributed by atoms with E-state index < -0.39 is 0 Å². The van der Waals surface area contributed by atoms with Gasteiger partial charge in [-0.3, -0.25) is 9.36 Å². The van der Waals surface area contributed by atoms with Crippen molar-refractivity contribution in [2.45, 2.75) is 0 Å². The van der Waals surface area contributed by atoms with Gasteiger partial charge in [-0.2, -0.15) is 0 Å². The lowest BCUT2D eigenvalue weighted by Gasteiger charge is -2.04. The van der Waals surface area contributed by atoms with Crippen LogP contribution in [0.4, 0.5) is 5.13 Å². The highest BCUT2D eigenvalue weighted by Gasteiger charge is 2.11. The summed E-state index contributed by atoms with van der Waals surface area (Å²) in [6, 6.07) is 0. The van der Waals surface area contributed by atoms with Crippen molar-refractivity contribution in [1.82, 2.24) is 14.1 Å². The Hall–Kier alpha value is -1.89. The summed E-state index contributed by atoms with van der Waals surface area (Å²) in [4.78, 5) is 27.3. The third kappa shape index (κ3) is 1.54. The molecule has 16 heavy (non-hydrogen) atoms. The summed E-state index contributed by atoms with van der Waals surface area (Å²) in [7, 11) is 3.02. The number of nitrogens with two attached hydrogens (primary N) is 1. The second kappa shape index (κ2) is 3.60. The van der Waals surface area contributed by atoms with Crippen LogP contribution in [0, 0.1) is 0 Å². The van der Waals surface area contributed by atoms with E-state index in [-0.39, 0.29) is 11.2 Å². The van der Waals surface area contributed by atoms with Crippen molar-refractivity contribution in [3.05, 3.63) is 32.4 Å². The molecule has 2 N–H and O–H groups in total. The van der Waals surface area contributed by atoms with Crippen molar-refractivity contribution in [3.63, 3.8) is 0 Å². The first-order valence-corrected chi connectivity index (χ1v) is 5.36. The van der Waals surface area contributed by atoms with Crippen LogP contribution in [-0.2, 0) is 14.1 Å². The minimum absolute atomic E-state index is 0.364. The van der Waals surface area contributed by atoms with Crippen LogP contribution in [0.3, 0.4) is 0 Å². The number of nitrogen functional groups attached to an aromatic ring is 1. The molecule has 0 aliphatic carbocycles. The fourth-order valence-corrected chi connectivity index (χ4v) is 1.96. The van der Waals surface area contributed by atoms with Gasteiger partial charge in [0.15, 0.2) is 5.13 Å². The van der Waals surface area contributed by atoms with E-state index in [0.29, 0.717) is 16.4 Å². The standard InChI is InChI=1S/C9H10N4O2S/c1-12-3-5(6-4-16-8(10)11-6)7(14)13(2)9(12)15/h3-4H,1-2H3,(H2,10,11). The zero-order chi connectivity index (χ0) is 11.9. The topological polar surface area (TPSA) is 82.9 Å². The van der Waals surface area contributed by atoms with E-state index in [1.165, 1.54) is 29.1 Å². The molecule has 0 aromatic carbocycles. The number of hydrogen-bond acceptors (Lipinski definition) is 5. The molecule has 0 saturated carbocycles. The lowest BCUT2D eigenvalue weighted by Crippen LogP contribution is -2.37. The molecule has 0 aliphatic heterocycles. The summed E-state index contributed by atoms with van der Waals surface area (Å²) in [5.74, 6) is 0. The van der Waals surface area contributed by atoms with Gasteiger partial charge in [0.2, 0.25) is 0 Å². The molecule has 2 heterocycles. The van der Waals surface area contributed by atoms with E-state index in [2.05, 4.69) is 4.98 Å². The summed E-state index contributed by atoms with van der Waals surface area (Å²) in [5, 5.41) is 2.09. The van der Waals surface area contributed by atoms with E-state index in [1.54, 1.807) is 12.4 Å². The van der Waals surface area contributed by atoms with Crippen LogP contribution in [0.1, 0.15) is 0 Å². The number of hydrogen-bond donors (Lipinski definition) is 1. The molecule has 0 unspecified atom stereocenters. The molecular weight excluding hydrogens is 228 g/mol. The fourth-order valence-electron chi connectivity index (χ4n) is 1.40. The fraction of sp³-hybridized carbons (Fsp3) is 0.222. The molecule has 0 atom stereocenters. The maximum Gasteiger partial charge on any atom is 0.330 e. The monoisotopic (exact) mass is 238 g/mol. The van der Waals surface area contributed by atoms with Gasteiger partial charge in [-0.1, -0.05) is 0 Å². The molecular formula is C9H10N4O2S. The predicted molar refractivity (Wildman–Crippen MR) is 62.4 cm³/mol. The van der Waals surface area contributed by atoms with Gasteiger partial charge >= 0.3 is 5.69 Å². The maximum absolute atomic E-state index is 11.8. The molecule has 2 aromatic heterocycles. The highest BCUT2D eigenvalue weighted by molar-refractivity contribution is 7.13. The summed E-state index contributed by atoms with van der Waals surface area (Å²) >= 11 is 1.25. The molecule has 0 spiro atoms. The maximum atomic E-state index is 11.8. The van der Waals surface area contributed by atoms with E-state index >= 15 is 0 Å². The summed E-state index contributed by atoms with van der Waals surface area (Å²) in [5.41, 5.74) is 5.64. The average molecular weight is 238 g/mol. The minimum atomic E-state index is -0.367.